The number of hydrogen-bond acceptors (Lipinski definition) is 7. The molecule has 0 unspecified atom stereocenters. The second kappa shape index (κ2) is 11.4. The minimum Gasteiger partial charge on any atom is -0.490 e. The van der Waals surface area contributed by atoms with Crippen LogP contribution in [-0.2, 0) is 6.54 Å². The molecule has 0 radical (unpaired) electrons. The minimum atomic E-state index is 0.00742. The van der Waals surface area contributed by atoms with Gasteiger partial charge in [0.25, 0.3) is 0 Å². The molecule has 1 N–H and O–H groups in total. The van der Waals surface area contributed by atoms with E-state index < -0.39 is 0 Å². The number of allylic oxidation sites excluding steroid dienone is 3. The summed E-state index contributed by atoms with van der Waals surface area (Å²) in [4.78, 5) is 4.22. The van der Waals surface area contributed by atoms with Gasteiger partial charge in [-0.25, -0.2) is 0 Å². The van der Waals surface area contributed by atoms with Crippen molar-refractivity contribution < 1.29 is 4.74 Å². The summed E-state index contributed by atoms with van der Waals surface area (Å²) in [6.45, 7) is 8.99. The molecule has 0 saturated carbocycles. The topological polar surface area (TPSA) is 83.7 Å². The summed E-state index contributed by atoms with van der Waals surface area (Å²) in [6.07, 6.45) is 9.15. The fourth-order valence-electron chi connectivity index (χ4n) is 4.44. The van der Waals surface area contributed by atoms with Gasteiger partial charge in [0.2, 0.25) is 0 Å². The molecule has 35 heavy (non-hydrogen) atoms. The molecule has 4 rings (SSSR count). The van der Waals surface area contributed by atoms with Crippen molar-refractivity contribution in [3.05, 3.63) is 76.1 Å². The molecule has 1 aromatic carbocycles. The molecule has 3 aromatic rings. The summed E-state index contributed by atoms with van der Waals surface area (Å²) in [6, 6.07) is 12.3. The number of nitrogens with zero attached hydrogens (tertiary/aromatic N) is 4. The maximum Gasteiger partial charge on any atom is 0.148 e. The van der Waals surface area contributed by atoms with E-state index in [0.29, 0.717) is 17.4 Å². The standard InChI is InChI=1S/C28H31N5OS/c1-5-23(24-9-6-10-25(19(24)4)31-17-20-8-7-13-30-16-20)28-33-32-27(35-28)21-11-12-26(34-18(2)3)22(14-21)15-29/h5,7-8,11-14,16,18,25,31H,6,9-10,17H2,1-4H3/b23-5+/t25-/m1/s1. The summed E-state index contributed by atoms with van der Waals surface area (Å²) < 4.78 is 5.76. The monoisotopic (exact) mass is 485 g/mol. The minimum absolute atomic E-state index is 0.00742. The molecule has 0 amide bonds. The van der Waals surface area contributed by atoms with Crippen LogP contribution >= 0.6 is 11.3 Å². The Bertz CT molecular complexity index is 1270. The Balaban J connectivity index is 1.56. The smallest absolute Gasteiger partial charge is 0.148 e. The number of aromatic nitrogens is 3. The average Bonchev–Trinajstić information content (AvgIpc) is 3.35. The molecule has 6 nitrogen and oxygen atoms in total. The second-order valence-electron chi connectivity index (χ2n) is 8.95. The zero-order chi connectivity index (χ0) is 24.8. The molecule has 0 spiro atoms. The molecule has 2 aromatic heterocycles. The van der Waals surface area contributed by atoms with Crippen LogP contribution in [0.5, 0.6) is 5.75 Å². The molecular formula is C28H31N5OS. The Morgan fingerprint density at radius 2 is 2.17 bits per heavy atom. The normalized spacial score (nSPS) is 16.5. The molecule has 1 aliphatic rings. The summed E-state index contributed by atoms with van der Waals surface area (Å²) >= 11 is 1.56. The van der Waals surface area contributed by atoms with Gasteiger partial charge in [0.05, 0.1) is 11.7 Å². The number of pyridine rings is 1. The van der Waals surface area contributed by atoms with Crippen LogP contribution in [0, 0.1) is 11.3 Å². The van der Waals surface area contributed by atoms with E-state index in [9.17, 15) is 5.26 Å². The summed E-state index contributed by atoms with van der Waals surface area (Å²) in [7, 11) is 0. The van der Waals surface area contributed by atoms with Gasteiger partial charge >= 0.3 is 0 Å². The molecule has 1 atom stereocenters. The number of hydrogen-bond donors (Lipinski definition) is 1. The van der Waals surface area contributed by atoms with Crippen molar-refractivity contribution in [2.24, 2.45) is 0 Å². The van der Waals surface area contributed by atoms with Crippen LogP contribution in [0.1, 0.15) is 63.1 Å². The molecule has 0 saturated heterocycles. The fraction of sp³-hybridized carbons (Fsp3) is 0.357. The van der Waals surface area contributed by atoms with Crippen molar-refractivity contribution in [1.29, 1.82) is 5.26 Å². The number of rotatable bonds is 8. The van der Waals surface area contributed by atoms with Crippen LogP contribution in [0.2, 0.25) is 0 Å². The Labute approximate surface area is 211 Å². The zero-order valence-electron chi connectivity index (χ0n) is 20.7. The first-order valence-corrected chi connectivity index (χ1v) is 12.9. The van der Waals surface area contributed by atoms with Gasteiger partial charge in [-0.05, 0) is 82.4 Å². The van der Waals surface area contributed by atoms with Crippen LogP contribution < -0.4 is 10.1 Å². The predicted octanol–water partition coefficient (Wildman–Crippen LogP) is 6.32. The first-order valence-electron chi connectivity index (χ1n) is 12.0. The highest BCUT2D eigenvalue weighted by Crippen LogP contribution is 2.38. The lowest BCUT2D eigenvalue weighted by atomic mass is 9.84. The summed E-state index contributed by atoms with van der Waals surface area (Å²) in [5, 5.41) is 24.0. The zero-order valence-corrected chi connectivity index (χ0v) is 21.5. The fourth-order valence-corrected chi connectivity index (χ4v) is 5.38. The Morgan fingerprint density at radius 3 is 2.89 bits per heavy atom. The van der Waals surface area contributed by atoms with E-state index in [1.54, 1.807) is 17.5 Å². The van der Waals surface area contributed by atoms with Gasteiger partial charge in [-0.3, -0.25) is 4.98 Å². The van der Waals surface area contributed by atoms with Crippen molar-refractivity contribution in [2.75, 3.05) is 0 Å². The lowest BCUT2D eigenvalue weighted by molar-refractivity contribution is 0.242. The van der Waals surface area contributed by atoms with Gasteiger partial charge in [0.15, 0.2) is 0 Å². The van der Waals surface area contributed by atoms with Crippen LogP contribution in [-0.4, -0.2) is 27.3 Å². The van der Waals surface area contributed by atoms with Gasteiger partial charge < -0.3 is 10.1 Å². The maximum absolute atomic E-state index is 9.59. The average molecular weight is 486 g/mol. The summed E-state index contributed by atoms with van der Waals surface area (Å²) in [5.41, 5.74) is 6.44. The lowest BCUT2D eigenvalue weighted by Crippen LogP contribution is -2.32. The number of nitrogens with one attached hydrogen (secondary N) is 1. The van der Waals surface area contributed by atoms with Crippen LogP contribution in [0.3, 0.4) is 0 Å². The largest absolute Gasteiger partial charge is 0.490 e. The van der Waals surface area contributed by atoms with Gasteiger partial charge in [0.1, 0.15) is 21.8 Å². The number of nitriles is 1. The van der Waals surface area contributed by atoms with E-state index in [2.05, 4.69) is 52.6 Å². The van der Waals surface area contributed by atoms with Crippen molar-refractivity contribution in [1.82, 2.24) is 20.5 Å². The van der Waals surface area contributed by atoms with E-state index in [1.165, 1.54) is 16.7 Å². The first-order chi connectivity index (χ1) is 17.0. The third kappa shape index (κ3) is 5.84. The molecule has 1 aliphatic carbocycles. The van der Waals surface area contributed by atoms with Crippen LogP contribution in [0.25, 0.3) is 16.1 Å². The van der Waals surface area contributed by atoms with E-state index in [4.69, 9.17) is 4.74 Å². The molecule has 7 heteroatoms. The molecule has 0 bridgehead atoms. The van der Waals surface area contributed by atoms with Crippen LogP contribution in [0.15, 0.2) is 59.9 Å². The quantitative estimate of drug-likeness (QED) is 0.402. The van der Waals surface area contributed by atoms with Crippen molar-refractivity contribution in [2.45, 2.75) is 65.6 Å². The van der Waals surface area contributed by atoms with Crippen molar-refractivity contribution >= 4 is 16.9 Å². The van der Waals surface area contributed by atoms with E-state index in [1.807, 2.05) is 44.3 Å². The maximum atomic E-state index is 9.59. The van der Waals surface area contributed by atoms with Gasteiger partial charge in [-0.1, -0.05) is 29.1 Å². The highest BCUT2D eigenvalue weighted by Gasteiger charge is 2.24. The molecule has 0 fully saturated rings. The van der Waals surface area contributed by atoms with Crippen molar-refractivity contribution in [3.8, 4) is 22.4 Å². The van der Waals surface area contributed by atoms with Gasteiger partial charge in [-0.2, -0.15) is 5.26 Å². The first kappa shape index (κ1) is 24.8. The SMILES string of the molecule is C/C=C(\C1=C(C)[C@H](NCc2cccnc2)CCC1)c1nnc(-c2ccc(OC(C)C)c(C#N)c2)s1. The van der Waals surface area contributed by atoms with E-state index in [0.717, 1.165) is 47.0 Å². The molecular weight excluding hydrogens is 454 g/mol. The number of benzene rings is 1. The van der Waals surface area contributed by atoms with Crippen molar-refractivity contribution in [3.63, 3.8) is 0 Å². The Hall–Kier alpha value is -3.34. The van der Waals surface area contributed by atoms with Gasteiger partial charge in [-0.15, -0.1) is 10.2 Å². The lowest BCUT2D eigenvalue weighted by Gasteiger charge is -2.28. The summed E-state index contributed by atoms with van der Waals surface area (Å²) in [5.74, 6) is 0.595. The molecule has 0 aliphatic heterocycles. The molecule has 2 heterocycles. The number of ether oxygens (including phenoxy) is 1. The van der Waals surface area contributed by atoms with Gasteiger partial charge in [0, 0.05) is 36.1 Å². The van der Waals surface area contributed by atoms with Crippen LogP contribution in [0.4, 0.5) is 0 Å². The second-order valence-corrected chi connectivity index (χ2v) is 9.93. The third-order valence-corrected chi connectivity index (χ3v) is 7.18. The predicted molar refractivity (Wildman–Crippen MR) is 141 cm³/mol. The van der Waals surface area contributed by atoms with E-state index >= 15 is 0 Å². The third-order valence-electron chi connectivity index (χ3n) is 6.17. The molecule has 180 valence electrons. The highest BCUT2D eigenvalue weighted by atomic mass is 32.1. The highest BCUT2D eigenvalue weighted by molar-refractivity contribution is 7.15. The van der Waals surface area contributed by atoms with E-state index in [-0.39, 0.29) is 6.10 Å². The Kier molecular flexibility index (Phi) is 8.06. The Morgan fingerprint density at radius 1 is 1.31 bits per heavy atom.